The van der Waals surface area contributed by atoms with Gasteiger partial charge in [0.05, 0.1) is 7.11 Å². The molecule has 0 radical (unpaired) electrons. The molecule has 3 nitrogen and oxygen atoms in total. The van der Waals surface area contributed by atoms with Crippen LogP contribution in [0.1, 0.15) is 22.7 Å². The molecule has 0 N–H and O–H groups in total. The van der Waals surface area contributed by atoms with Crippen molar-refractivity contribution in [1.29, 1.82) is 0 Å². The molecule has 4 rings (SSSR count). The normalized spacial score (nSPS) is 24.8. The standard InChI is InChI=1S/C22H28N2O.2ClH/c1-16-6-4-5-7-20(16)22-21-15-24(14-18(21)13-23(22)2)12-17-8-10-19(25-3)11-9-17;;/h4-11,18,21-22H,12-15H2,1-3H3;2*1H/t18-,21+,22+;;/m0../s1. The second-order valence-corrected chi connectivity index (χ2v) is 7.71. The number of hydrogen-bond acceptors (Lipinski definition) is 3. The highest BCUT2D eigenvalue weighted by Gasteiger charge is 2.46. The van der Waals surface area contributed by atoms with Crippen molar-refractivity contribution in [1.82, 2.24) is 9.80 Å². The van der Waals surface area contributed by atoms with Crippen LogP contribution in [0.4, 0.5) is 0 Å². The summed E-state index contributed by atoms with van der Waals surface area (Å²) in [7, 11) is 4.02. The van der Waals surface area contributed by atoms with Gasteiger partial charge in [-0.2, -0.15) is 0 Å². The molecule has 2 heterocycles. The Balaban J connectivity index is 0.00000131. The van der Waals surface area contributed by atoms with Gasteiger partial charge in [-0.1, -0.05) is 36.4 Å². The number of halogens is 2. The van der Waals surface area contributed by atoms with Gasteiger partial charge in [0.2, 0.25) is 0 Å². The van der Waals surface area contributed by atoms with Crippen LogP contribution in [-0.2, 0) is 6.54 Å². The first kappa shape index (κ1) is 22.0. The molecule has 2 aromatic rings. The fourth-order valence-corrected chi connectivity index (χ4v) is 4.85. The molecule has 0 bridgehead atoms. The smallest absolute Gasteiger partial charge is 0.118 e. The third-order valence-electron chi connectivity index (χ3n) is 6.04. The van der Waals surface area contributed by atoms with Crippen LogP contribution in [0.2, 0.25) is 0 Å². The van der Waals surface area contributed by atoms with Crippen LogP contribution in [-0.4, -0.2) is 43.6 Å². The van der Waals surface area contributed by atoms with Gasteiger partial charge in [-0.05, 0) is 54.6 Å². The number of nitrogens with zero attached hydrogens (tertiary/aromatic N) is 2. The van der Waals surface area contributed by atoms with Gasteiger partial charge in [-0.15, -0.1) is 24.8 Å². The van der Waals surface area contributed by atoms with Crippen LogP contribution >= 0.6 is 24.8 Å². The Morgan fingerprint density at radius 1 is 0.963 bits per heavy atom. The first-order chi connectivity index (χ1) is 12.2. The predicted molar refractivity (Wildman–Crippen MR) is 116 cm³/mol. The summed E-state index contributed by atoms with van der Waals surface area (Å²) < 4.78 is 5.27. The fourth-order valence-electron chi connectivity index (χ4n) is 4.85. The Bertz CT molecular complexity index is 737. The summed E-state index contributed by atoms with van der Waals surface area (Å²) in [6.07, 6.45) is 0. The monoisotopic (exact) mass is 408 g/mol. The Labute approximate surface area is 175 Å². The lowest BCUT2D eigenvalue weighted by molar-refractivity contribution is 0.224. The fraction of sp³-hybridized carbons (Fsp3) is 0.455. The van der Waals surface area contributed by atoms with Crippen molar-refractivity contribution in [2.75, 3.05) is 33.8 Å². The van der Waals surface area contributed by atoms with E-state index in [1.807, 2.05) is 0 Å². The van der Waals surface area contributed by atoms with E-state index in [0.717, 1.165) is 24.1 Å². The number of benzene rings is 2. The van der Waals surface area contributed by atoms with E-state index in [9.17, 15) is 0 Å². The molecule has 2 saturated heterocycles. The zero-order valence-electron chi connectivity index (χ0n) is 16.3. The maximum absolute atomic E-state index is 5.27. The van der Waals surface area contributed by atoms with Crippen LogP contribution < -0.4 is 4.74 Å². The zero-order chi connectivity index (χ0) is 17.4. The van der Waals surface area contributed by atoms with Crippen molar-refractivity contribution in [3.8, 4) is 5.75 Å². The highest BCUT2D eigenvalue weighted by atomic mass is 35.5. The largest absolute Gasteiger partial charge is 0.497 e. The second-order valence-electron chi connectivity index (χ2n) is 7.71. The van der Waals surface area contributed by atoms with Crippen molar-refractivity contribution in [3.63, 3.8) is 0 Å². The molecule has 3 atom stereocenters. The summed E-state index contributed by atoms with van der Waals surface area (Å²) in [6, 6.07) is 18.0. The van der Waals surface area contributed by atoms with Crippen molar-refractivity contribution in [2.24, 2.45) is 11.8 Å². The third-order valence-corrected chi connectivity index (χ3v) is 6.04. The van der Waals surface area contributed by atoms with Crippen molar-refractivity contribution < 1.29 is 4.74 Å². The molecule has 2 aliphatic heterocycles. The van der Waals surface area contributed by atoms with Crippen LogP contribution in [0.15, 0.2) is 48.5 Å². The van der Waals surface area contributed by atoms with Crippen LogP contribution in [0, 0.1) is 18.8 Å². The van der Waals surface area contributed by atoms with E-state index in [4.69, 9.17) is 4.74 Å². The maximum atomic E-state index is 5.27. The molecule has 0 aliphatic carbocycles. The van der Waals surface area contributed by atoms with Crippen molar-refractivity contribution in [3.05, 3.63) is 65.2 Å². The van der Waals surface area contributed by atoms with E-state index >= 15 is 0 Å². The third kappa shape index (κ3) is 4.43. The number of hydrogen-bond donors (Lipinski definition) is 0. The summed E-state index contributed by atoms with van der Waals surface area (Å²) in [5.74, 6) is 2.46. The number of ether oxygens (including phenoxy) is 1. The van der Waals surface area contributed by atoms with Gasteiger partial charge in [0, 0.05) is 32.2 Å². The Morgan fingerprint density at radius 2 is 1.67 bits per heavy atom. The van der Waals surface area contributed by atoms with Gasteiger partial charge in [-0.25, -0.2) is 0 Å². The molecule has 2 aromatic carbocycles. The van der Waals surface area contributed by atoms with E-state index in [1.165, 1.54) is 36.3 Å². The molecule has 2 aliphatic rings. The Hall–Kier alpha value is -1.26. The molecule has 0 saturated carbocycles. The average Bonchev–Trinajstić information content (AvgIpc) is 3.12. The van der Waals surface area contributed by atoms with Crippen molar-refractivity contribution >= 4 is 24.8 Å². The Kier molecular flexibility index (Phi) is 7.58. The lowest BCUT2D eigenvalue weighted by atomic mass is 9.88. The summed E-state index contributed by atoms with van der Waals surface area (Å²) >= 11 is 0. The summed E-state index contributed by atoms with van der Waals surface area (Å²) in [6.45, 7) is 6.91. The van der Waals surface area contributed by atoms with Gasteiger partial charge < -0.3 is 4.74 Å². The van der Waals surface area contributed by atoms with Gasteiger partial charge in [0.1, 0.15) is 5.75 Å². The minimum absolute atomic E-state index is 0. The van der Waals surface area contributed by atoms with E-state index in [0.29, 0.717) is 6.04 Å². The van der Waals surface area contributed by atoms with Crippen molar-refractivity contribution in [2.45, 2.75) is 19.5 Å². The SMILES string of the molecule is COc1ccc(CN2C[C@@H]3CN(C)[C@H](c4ccccc4C)[C@@H]3C2)cc1.Cl.Cl. The highest BCUT2D eigenvalue weighted by molar-refractivity contribution is 5.85. The first-order valence-corrected chi connectivity index (χ1v) is 9.27. The number of aryl methyl sites for hydroxylation is 1. The van der Waals surface area contributed by atoms with Crippen LogP contribution in [0.5, 0.6) is 5.75 Å². The Morgan fingerprint density at radius 3 is 2.33 bits per heavy atom. The topological polar surface area (TPSA) is 15.7 Å². The lowest BCUT2D eigenvalue weighted by Crippen LogP contribution is -2.29. The summed E-state index contributed by atoms with van der Waals surface area (Å²) in [4.78, 5) is 5.21. The van der Waals surface area contributed by atoms with Gasteiger partial charge in [0.15, 0.2) is 0 Å². The van der Waals surface area contributed by atoms with E-state index < -0.39 is 0 Å². The molecule has 0 spiro atoms. The summed E-state index contributed by atoms with van der Waals surface area (Å²) in [5, 5.41) is 0. The first-order valence-electron chi connectivity index (χ1n) is 9.27. The molecular formula is C22H30Cl2N2O. The number of rotatable bonds is 4. The van der Waals surface area contributed by atoms with E-state index in [1.54, 1.807) is 7.11 Å². The zero-order valence-corrected chi connectivity index (χ0v) is 17.9. The average molecular weight is 409 g/mol. The van der Waals surface area contributed by atoms with E-state index in [2.05, 4.69) is 72.3 Å². The van der Waals surface area contributed by atoms with Gasteiger partial charge in [0.25, 0.3) is 0 Å². The highest BCUT2D eigenvalue weighted by Crippen LogP contribution is 2.45. The minimum atomic E-state index is 0. The molecule has 2 fully saturated rings. The molecule has 5 heteroatoms. The van der Waals surface area contributed by atoms with Crippen LogP contribution in [0.3, 0.4) is 0 Å². The second kappa shape index (κ2) is 9.29. The lowest BCUT2D eigenvalue weighted by Gasteiger charge is -2.28. The minimum Gasteiger partial charge on any atom is -0.497 e. The van der Waals surface area contributed by atoms with Gasteiger partial charge >= 0.3 is 0 Å². The molecule has 0 unspecified atom stereocenters. The molecular weight excluding hydrogens is 379 g/mol. The molecule has 0 amide bonds. The number of methoxy groups -OCH3 is 1. The molecule has 0 aromatic heterocycles. The quantitative estimate of drug-likeness (QED) is 0.735. The maximum Gasteiger partial charge on any atom is 0.118 e. The van der Waals surface area contributed by atoms with Crippen LogP contribution in [0.25, 0.3) is 0 Å². The summed E-state index contributed by atoms with van der Waals surface area (Å²) in [5.41, 5.74) is 4.32. The molecule has 27 heavy (non-hydrogen) atoms. The molecule has 148 valence electrons. The number of fused-ring (bicyclic) bond motifs is 1. The van der Waals surface area contributed by atoms with E-state index in [-0.39, 0.29) is 24.8 Å². The predicted octanol–water partition coefficient (Wildman–Crippen LogP) is 4.58. The van der Waals surface area contributed by atoms with Gasteiger partial charge in [-0.3, -0.25) is 9.80 Å². The number of likely N-dealkylation sites (tertiary alicyclic amines) is 2.